The van der Waals surface area contributed by atoms with Gasteiger partial charge in [-0.3, -0.25) is 9.36 Å². The van der Waals surface area contributed by atoms with Gasteiger partial charge < -0.3 is 23.7 Å². The van der Waals surface area contributed by atoms with E-state index in [-0.39, 0.29) is 24.3 Å². The highest BCUT2D eigenvalue weighted by Crippen LogP contribution is 2.36. The molecule has 1 atom stereocenters. The number of carbonyl (C=O) groups excluding carboxylic acids is 2. The van der Waals surface area contributed by atoms with Gasteiger partial charge in [0.05, 0.1) is 42.2 Å². The third kappa shape index (κ3) is 8.36. The minimum atomic E-state index is -0.866. The SMILES string of the molecule is C=CCc1cc(/C=c2\sc3n(c2=O)[C@@H](c2ccc(OCC(=O)OC)c(OCC)c2)C(C(=O)OCC)=C(C)N=3)ccc1OCc1ccc(I)cc1. The highest BCUT2D eigenvalue weighted by molar-refractivity contribution is 14.1. The predicted octanol–water partition coefficient (Wildman–Crippen LogP) is 5.66. The van der Waals surface area contributed by atoms with Crippen molar-refractivity contribution in [2.24, 2.45) is 4.99 Å². The van der Waals surface area contributed by atoms with Gasteiger partial charge in [0.25, 0.3) is 5.56 Å². The van der Waals surface area contributed by atoms with Crippen LogP contribution in [0.25, 0.3) is 6.08 Å². The molecule has 0 fully saturated rings. The highest BCUT2D eigenvalue weighted by atomic mass is 127. The van der Waals surface area contributed by atoms with Gasteiger partial charge in [-0.2, -0.15) is 0 Å². The normalized spacial score (nSPS) is 14.0. The molecule has 0 bridgehead atoms. The fourth-order valence-corrected chi connectivity index (χ4v) is 6.83. The number of fused-ring (bicyclic) bond motifs is 1. The number of carbonyl (C=O) groups is 2. The number of rotatable bonds is 14. The summed E-state index contributed by atoms with van der Waals surface area (Å²) in [6.07, 6.45) is 4.20. The smallest absolute Gasteiger partial charge is 0.343 e. The number of nitrogens with zero attached hydrogens (tertiary/aromatic N) is 2. The first-order valence-corrected chi connectivity index (χ1v) is 17.8. The second-order valence-corrected chi connectivity index (χ2v) is 13.3. The molecule has 1 aliphatic rings. The Morgan fingerprint density at radius 2 is 1.74 bits per heavy atom. The van der Waals surface area contributed by atoms with Gasteiger partial charge in [0, 0.05) is 3.57 Å². The Balaban J connectivity index is 1.57. The van der Waals surface area contributed by atoms with Crippen molar-refractivity contribution in [3.05, 3.63) is 130 Å². The number of benzene rings is 3. The van der Waals surface area contributed by atoms with Crippen molar-refractivity contribution in [3.63, 3.8) is 0 Å². The lowest BCUT2D eigenvalue weighted by molar-refractivity contribution is -0.143. The number of ether oxygens (including phenoxy) is 5. The number of methoxy groups -OCH3 is 1. The molecule has 0 spiro atoms. The number of hydrogen-bond donors (Lipinski definition) is 0. The van der Waals surface area contributed by atoms with Crippen LogP contribution in [0, 0.1) is 3.57 Å². The molecule has 0 saturated carbocycles. The number of hydrogen-bond acceptors (Lipinski definition) is 10. The molecule has 0 radical (unpaired) electrons. The fraction of sp³-hybridized carbons (Fsp3) is 0.263. The van der Waals surface area contributed by atoms with Crippen LogP contribution in [0.4, 0.5) is 0 Å². The van der Waals surface area contributed by atoms with Crippen LogP contribution >= 0.6 is 33.9 Å². The molecular formula is C38H37IN2O8S. The average Bonchev–Trinajstić information content (AvgIpc) is 3.41. The largest absolute Gasteiger partial charge is 0.490 e. The zero-order chi connectivity index (χ0) is 35.8. The lowest BCUT2D eigenvalue weighted by Gasteiger charge is -2.25. The summed E-state index contributed by atoms with van der Waals surface area (Å²) in [4.78, 5) is 44.5. The van der Waals surface area contributed by atoms with Crippen molar-refractivity contribution >= 4 is 51.9 Å². The van der Waals surface area contributed by atoms with E-state index in [1.165, 1.54) is 23.0 Å². The summed E-state index contributed by atoms with van der Waals surface area (Å²) in [6, 6.07) is 18.2. The van der Waals surface area contributed by atoms with E-state index in [0.29, 0.717) is 51.7 Å². The van der Waals surface area contributed by atoms with E-state index < -0.39 is 18.0 Å². The van der Waals surface area contributed by atoms with Crippen LogP contribution in [0.5, 0.6) is 17.2 Å². The van der Waals surface area contributed by atoms with Crippen molar-refractivity contribution < 1.29 is 33.3 Å². The molecule has 50 heavy (non-hydrogen) atoms. The summed E-state index contributed by atoms with van der Waals surface area (Å²) < 4.78 is 30.9. The molecule has 3 aromatic carbocycles. The van der Waals surface area contributed by atoms with Crippen molar-refractivity contribution in [1.82, 2.24) is 4.57 Å². The lowest BCUT2D eigenvalue weighted by atomic mass is 9.95. The van der Waals surface area contributed by atoms with E-state index >= 15 is 0 Å². The molecular weight excluding hydrogens is 771 g/mol. The Morgan fingerprint density at radius 1 is 0.980 bits per heavy atom. The van der Waals surface area contributed by atoms with Crippen molar-refractivity contribution in [2.45, 2.75) is 39.8 Å². The zero-order valence-corrected chi connectivity index (χ0v) is 31.2. The maximum Gasteiger partial charge on any atom is 0.343 e. The van der Waals surface area contributed by atoms with Crippen LogP contribution in [0.1, 0.15) is 49.1 Å². The van der Waals surface area contributed by atoms with Crippen LogP contribution in [0.2, 0.25) is 0 Å². The van der Waals surface area contributed by atoms with E-state index in [1.807, 2.05) is 61.5 Å². The molecule has 0 unspecified atom stereocenters. The standard InChI is InChI=1S/C38H37IN2O8S/c1-6-9-26-18-25(12-16-29(26)48-21-24-10-14-28(39)15-11-24)19-32-36(43)41-35(34(37(44)47-8-3)23(4)40-38(41)50-32)27-13-17-30(31(20-27)46-7-2)49-22-33(42)45-5/h6,10-20,35H,1,7-9,21-22H2,2-5H3/b32-19-/t35-/m0/s1. The van der Waals surface area contributed by atoms with Gasteiger partial charge in [0.2, 0.25) is 0 Å². The molecule has 4 aromatic rings. The van der Waals surface area contributed by atoms with Crippen molar-refractivity contribution in [2.75, 3.05) is 26.9 Å². The quantitative estimate of drug-likeness (QED) is 0.0912. The Bertz CT molecular complexity index is 2120. The molecule has 5 rings (SSSR count). The third-order valence-electron chi connectivity index (χ3n) is 7.73. The summed E-state index contributed by atoms with van der Waals surface area (Å²) in [5, 5.41) is 0. The Hall–Kier alpha value is -4.69. The van der Waals surface area contributed by atoms with Crippen LogP contribution < -0.4 is 29.1 Å². The number of allylic oxidation sites excluding steroid dienone is 2. The molecule has 0 saturated heterocycles. The first-order valence-electron chi connectivity index (χ1n) is 15.9. The first-order chi connectivity index (χ1) is 24.2. The molecule has 260 valence electrons. The molecule has 0 amide bonds. The second kappa shape index (κ2) is 16.8. The van der Waals surface area contributed by atoms with E-state index in [1.54, 1.807) is 32.0 Å². The molecule has 12 heteroatoms. The summed E-state index contributed by atoms with van der Waals surface area (Å²) in [7, 11) is 1.27. The topological polar surface area (TPSA) is 115 Å². The van der Waals surface area contributed by atoms with Crippen LogP contribution in [-0.2, 0) is 32.1 Å². The van der Waals surface area contributed by atoms with Crippen molar-refractivity contribution in [3.8, 4) is 17.2 Å². The average molecular weight is 809 g/mol. The van der Waals surface area contributed by atoms with Gasteiger partial charge in [-0.1, -0.05) is 41.7 Å². The number of esters is 2. The second-order valence-electron chi connectivity index (χ2n) is 11.1. The van der Waals surface area contributed by atoms with E-state index in [4.69, 9.17) is 23.7 Å². The molecule has 1 aliphatic heterocycles. The van der Waals surface area contributed by atoms with E-state index in [9.17, 15) is 14.4 Å². The lowest BCUT2D eigenvalue weighted by Crippen LogP contribution is -2.40. The molecule has 10 nitrogen and oxygen atoms in total. The van der Waals surface area contributed by atoms with Gasteiger partial charge in [0.15, 0.2) is 22.9 Å². The number of aromatic nitrogens is 1. The maximum atomic E-state index is 14.2. The van der Waals surface area contributed by atoms with E-state index in [2.05, 4.69) is 34.2 Å². The Labute approximate surface area is 307 Å². The number of thiazole rings is 1. The fourth-order valence-electron chi connectivity index (χ4n) is 5.42. The van der Waals surface area contributed by atoms with Gasteiger partial charge in [-0.15, -0.1) is 6.58 Å². The third-order valence-corrected chi connectivity index (χ3v) is 9.43. The first kappa shape index (κ1) is 36.6. The molecule has 2 heterocycles. The van der Waals surface area contributed by atoms with Gasteiger partial charge in [-0.25, -0.2) is 14.6 Å². The zero-order valence-electron chi connectivity index (χ0n) is 28.2. The predicted molar refractivity (Wildman–Crippen MR) is 199 cm³/mol. The van der Waals surface area contributed by atoms with E-state index in [0.717, 1.165) is 26.0 Å². The van der Waals surface area contributed by atoms with Crippen molar-refractivity contribution in [1.29, 1.82) is 0 Å². The van der Waals surface area contributed by atoms with Gasteiger partial charge in [0.1, 0.15) is 12.4 Å². The molecule has 0 N–H and O–H groups in total. The summed E-state index contributed by atoms with van der Waals surface area (Å²) in [5.74, 6) is 0.265. The van der Waals surface area contributed by atoms with Gasteiger partial charge in [-0.05, 0) is 115 Å². The summed E-state index contributed by atoms with van der Waals surface area (Å²) >= 11 is 3.50. The number of halogens is 1. The minimum Gasteiger partial charge on any atom is -0.490 e. The van der Waals surface area contributed by atoms with Crippen LogP contribution in [-0.4, -0.2) is 43.4 Å². The van der Waals surface area contributed by atoms with Crippen LogP contribution in [0.15, 0.2) is 94.4 Å². The molecule has 1 aromatic heterocycles. The summed E-state index contributed by atoms with van der Waals surface area (Å²) in [6.45, 7) is 9.74. The highest BCUT2D eigenvalue weighted by Gasteiger charge is 2.34. The Morgan fingerprint density at radius 3 is 2.44 bits per heavy atom. The summed E-state index contributed by atoms with van der Waals surface area (Å²) in [5.41, 5.74) is 3.73. The monoisotopic (exact) mass is 808 g/mol. The van der Waals surface area contributed by atoms with Gasteiger partial charge >= 0.3 is 11.9 Å². The van der Waals surface area contributed by atoms with Crippen LogP contribution in [0.3, 0.4) is 0 Å². The maximum absolute atomic E-state index is 14.2. The molecule has 0 aliphatic carbocycles. The minimum absolute atomic E-state index is 0.148. The Kier molecular flexibility index (Phi) is 12.3.